The van der Waals surface area contributed by atoms with Crippen LogP contribution in [0.1, 0.15) is 17.7 Å². The number of thiophene rings is 1. The number of carbonyl (C=O) groups is 2. The van der Waals surface area contributed by atoms with Gasteiger partial charge in [-0.3, -0.25) is 9.59 Å². The summed E-state index contributed by atoms with van der Waals surface area (Å²) in [5.74, 6) is -0.166. The van der Waals surface area contributed by atoms with Gasteiger partial charge in [-0.1, -0.05) is 6.07 Å². The van der Waals surface area contributed by atoms with Gasteiger partial charge >= 0.3 is 0 Å². The number of nitrogens with one attached hydrogen (secondary N) is 2. The van der Waals surface area contributed by atoms with Crippen LogP contribution in [0.5, 0.6) is 0 Å². The molecule has 0 bridgehead atoms. The summed E-state index contributed by atoms with van der Waals surface area (Å²) in [5.41, 5.74) is 1.41. The van der Waals surface area contributed by atoms with Crippen LogP contribution in [0.2, 0.25) is 0 Å². The van der Waals surface area contributed by atoms with Crippen molar-refractivity contribution in [1.29, 1.82) is 0 Å². The minimum atomic E-state index is -0.347. The first-order valence-electron chi connectivity index (χ1n) is 7.55. The van der Waals surface area contributed by atoms with Crippen molar-refractivity contribution in [3.05, 3.63) is 46.7 Å². The van der Waals surface area contributed by atoms with Gasteiger partial charge < -0.3 is 15.4 Å². The molecule has 0 radical (unpaired) electrons. The number of anilines is 2. The molecule has 1 aromatic heterocycles. The molecule has 1 aromatic carbocycles. The molecule has 6 heteroatoms. The van der Waals surface area contributed by atoms with Crippen molar-refractivity contribution in [3.63, 3.8) is 0 Å². The van der Waals surface area contributed by atoms with Crippen LogP contribution in [-0.4, -0.2) is 24.5 Å². The molecule has 2 heterocycles. The fraction of sp³-hybridized carbons (Fsp3) is 0.294. The molecule has 2 aromatic rings. The third-order valence-electron chi connectivity index (χ3n) is 3.57. The summed E-state index contributed by atoms with van der Waals surface area (Å²) < 4.78 is 5.35. The molecule has 2 amide bonds. The molecule has 0 unspecified atom stereocenters. The van der Waals surface area contributed by atoms with E-state index in [0.717, 1.165) is 17.7 Å². The minimum absolute atomic E-state index is 0.0522. The molecule has 2 N–H and O–H groups in total. The number of benzene rings is 1. The molecule has 5 nitrogen and oxygen atoms in total. The maximum Gasteiger partial charge on any atom is 0.253 e. The molecule has 1 aliphatic heterocycles. The van der Waals surface area contributed by atoms with Gasteiger partial charge in [0.05, 0.1) is 6.42 Å². The Balaban J connectivity index is 1.52. The number of rotatable bonds is 5. The quantitative estimate of drug-likeness (QED) is 0.885. The Morgan fingerprint density at radius 3 is 2.48 bits per heavy atom. The summed E-state index contributed by atoms with van der Waals surface area (Å²) in [6, 6.07) is 11.0. The number of hydrogen-bond donors (Lipinski definition) is 2. The molecule has 0 saturated carbocycles. The van der Waals surface area contributed by atoms with Gasteiger partial charge in [-0.25, -0.2) is 0 Å². The lowest BCUT2D eigenvalue weighted by Crippen LogP contribution is -2.26. The number of amides is 2. The lowest BCUT2D eigenvalue weighted by Gasteiger charge is -2.11. The Labute approximate surface area is 138 Å². The summed E-state index contributed by atoms with van der Waals surface area (Å²) in [7, 11) is 0. The van der Waals surface area contributed by atoms with E-state index < -0.39 is 0 Å². The smallest absolute Gasteiger partial charge is 0.253 e. The Morgan fingerprint density at radius 2 is 1.87 bits per heavy atom. The zero-order valence-electron chi connectivity index (χ0n) is 12.6. The summed E-state index contributed by atoms with van der Waals surface area (Å²) in [4.78, 5) is 24.9. The molecular weight excluding hydrogens is 312 g/mol. The van der Waals surface area contributed by atoms with Gasteiger partial charge in [0, 0.05) is 22.9 Å². The molecule has 120 valence electrons. The summed E-state index contributed by atoms with van der Waals surface area (Å²) in [6.07, 6.45) is 1.71. The van der Waals surface area contributed by atoms with E-state index in [0.29, 0.717) is 24.4 Å². The normalized spacial score (nSPS) is 17.0. The maximum atomic E-state index is 12.0. The molecule has 0 spiro atoms. The van der Waals surface area contributed by atoms with E-state index in [1.807, 2.05) is 17.5 Å². The molecule has 0 aliphatic carbocycles. The third-order valence-corrected chi connectivity index (χ3v) is 4.45. The second-order valence-electron chi connectivity index (χ2n) is 5.37. The van der Waals surface area contributed by atoms with Crippen molar-refractivity contribution in [2.45, 2.75) is 25.4 Å². The van der Waals surface area contributed by atoms with Crippen LogP contribution in [0.15, 0.2) is 41.8 Å². The molecule has 1 atom stereocenters. The standard InChI is InChI=1S/C17H18N2O3S/c20-16(11-14-3-2-10-23-14)18-12-5-7-13(8-6-12)19-17(21)15-4-1-9-22-15/h2-3,5-8,10,15H,1,4,9,11H2,(H,18,20)(H,19,21)/t15-/m1/s1. The minimum Gasteiger partial charge on any atom is -0.368 e. The summed E-state index contributed by atoms with van der Waals surface area (Å²) in [6.45, 7) is 0.646. The van der Waals surface area contributed by atoms with E-state index in [2.05, 4.69) is 10.6 Å². The Hall–Kier alpha value is -2.18. The van der Waals surface area contributed by atoms with Crippen molar-refractivity contribution in [1.82, 2.24) is 0 Å². The fourth-order valence-electron chi connectivity index (χ4n) is 2.42. The zero-order valence-corrected chi connectivity index (χ0v) is 13.4. The highest BCUT2D eigenvalue weighted by atomic mass is 32.1. The van der Waals surface area contributed by atoms with Crippen LogP contribution >= 0.6 is 11.3 Å². The number of ether oxygens (including phenoxy) is 1. The first kappa shape index (κ1) is 15.7. The zero-order chi connectivity index (χ0) is 16.1. The van der Waals surface area contributed by atoms with Crippen LogP contribution in [0.25, 0.3) is 0 Å². The number of carbonyl (C=O) groups excluding carboxylic acids is 2. The van der Waals surface area contributed by atoms with E-state index in [4.69, 9.17) is 4.74 Å². The Morgan fingerprint density at radius 1 is 1.13 bits per heavy atom. The van der Waals surface area contributed by atoms with Gasteiger partial charge in [0.2, 0.25) is 5.91 Å². The van der Waals surface area contributed by atoms with Crippen molar-refractivity contribution < 1.29 is 14.3 Å². The molecule has 1 fully saturated rings. The van der Waals surface area contributed by atoms with Gasteiger partial charge in [0.1, 0.15) is 6.10 Å². The third kappa shape index (κ3) is 4.40. The molecule has 3 rings (SSSR count). The van der Waals surface area contributed by atoms with Crippen molar-refractivity contribution in [2.24, 2.45) is 0 Å². The van der Waals surface area contributed by atoms with E-state index in [9.17, 15) is 9.59 Å². The van der Waals surface area contributed by atoms with Gasteiger partial charge in [0.25, 0.3) is 5.91 Å². The largest absolute Gasteiger partial charge is 0.368 e. The summed E-state index contributed by atoms with van der Waals surface area (Å²) >= 11 is 1.56. The Kier molecular flexibility index (Phi) is 5.05. The second kappa shape index (κ2) is 7.39. The topological polar surface area (TPSA) is 67.4 Å². The molecule has 1 saturated heterocycles. The first-order chi connectivity index (χ1) is 11.2. The highest BCUT2D eigenvalue weighted by Crippen LogP contribution is 2.18. The van der Waals surface area contributed by atoms with E-state index in [1.165, 1.54) is 0 Å². The van der Waals surface area contributed by atoms with Gasteiger partial charge in [-0.15, -0.1) is 11.3 Å². The second-order valence-corrected chi connectivity index (χ2v) is 6.40. The van der Waals surface area contributed by atoms with E-state index in [-0.39, 0.29) is 17.9 Å². The van der Waals surface area contributed by atoms with Crippen molar-refractivity contribution in [2.75, 3.05) is 17.2 Å². The highest BCUT2D eigenvalue weighted by Gasteiger charge is 2.23. The lowest BCUT2D eigenvalue weighted by molar-refractivity contribution is -0.124. The first-order valence-corrected chi connectivity index (χ1v) is 8.43. The fourth-order valence-corrected chi connectivity index (χ4v) is 3.12. The van der Waals surface area contributed by atoms with Crippen LogP contribution in [0.4, 0.5) is 11.4 Å². The monoisotopic (exact) mass is 330 g/mol. The SMILES string of the molecule is O=C(Cc1cccs1)Nc1ccc(NC(=O)[C@H]2CCCO2)cc1. The predicted octanol–water partition coefficient (Wildman–Crippen LogP) is 3.05. The molecule has 23 heavy (non-hydrogen) atoms. The van der Waals surface area contributed by atoms with Gasteiger partial charge in [0.15, 0.2) is 0 Å². The van der Waals surface area contributed by atoms with E-state index >= 15 is 0 Å². The molecule has 1 aliphatic rings. The van der Waals surface area contributed by atoms with Gasteiger partial charge in [-0.05, 0) is 48.6 Å². The average molecular weight is 330 g/mol. The van der Waals surface area contributed by atoms with Crippen molar-refractivity contribution >= 4 is 34.5 Å². The van der Waals surface area contributed by atoms with Crippen LogP contribution < -0.4 is 10.6 Å². The molecular formula is C17H18N2O3S. The van der Waals surface area contributed by atoms with E-state index in [1.54, 1.807) is 35.6 Å². The summed E-state index contributed by atoms with van der Waals surface area (Å²) in [5, 5.41) is 7.62. The number of hydrogen-bond acceptors (Lipinski definition) is 4. The maximum absolute atomic E-state index is 12.0. The highest BCUT2D eigenvalue weighted by molar-refractivity contribution is 7.10. The predicted molar refractivity (Wildman–Crippen MR) is 90.7 cm³/mol. The van der Waals surface area contributed by atoms with Crippen LogP contribution in [0, 0.1) is 0 Å². The van der Waals surface area contributed by atoms with Crippen molar-refractivity contribution in [3.8, 4) is 0 Å². The Bertz CT molecular complexity index is 662. The van der Waals surface area contributed by atoms with Crippen LogP contribution in [-0.2, 0) is 20.7 Å². The average Bonchev–Trinajstić information content (AvgIpc) is 3.22. The van der Waals surface area contributed by atoms with Gasteiger partial charge in [-0.2, -0.15) is 0 Å². The van der Waals surface area contributed by atoms with Crippen LogP contribution in [0.3, 0.4) is 0 Å². The lowest BCUT2D eigenvalue weighted by atomic mass is 10.2.